The summed E-state index contributed by atoms with van der Waals surface area (Å²) in [5, 5.41) is 11.4. The Morgan fingerprint density at radius 1 is 1.48 bits per heavy atom. The number of carbonyl (C=O) groups is 3. The molecule has 0 radical (unpaired) electrons. The molecule has 8 nitrogen and oxygen atoms in total. The molecule has 0 fully saturated rings. The fourth-order valence-electron chi connectivity index (χ4n) is 2.39. The molecule has 2 aliphatic rings. The topological polar surface area (TPSA) is 99.2 Å². The number of carbonyl (C=O) groups excluding carboxylic acids is 3. The van der Waals surface area contributed by atoms with E-state index in [4.69, 9.17) is 4.74 Å². The summed E-state index contributed by atoms with van der Waals surface area (Å²) in [6.45, 7) is 7.80. The van der Waals surface area contributed by atoms with E-state index in [9.17, 15) is 19.5 Å². The molecule has 2 N–H and O–H groups in total. The van der Waals surface area contributed by atoms with Crippen molar-refractivity contribution < 1.29 is 24.2 Å². The van der Waals surface area contributed by atoms with Gasteiger partial charge in [0.2, 0.25) is 5.88 Å². The molecule has 2 heterocycles. The van der Waals surface area contributed by atoms with Crippen molar-refractivity contribution in [1.29, 1.82) is 0 Å². The molecule has 8 heteroatoms. The van der Waals surface area contributed by atoms with E-state index in [-0.39, 0.29) is 12.0 Å². The first-order valence-corrected chi connectivity index (χ1v) is 7.35. The van der Waals surface area contributed by atoms with Crippen molar-refractivity contribution >= 4 is 18.2 Å². The molecule has 0 aliphatic carbocycles. The maximum Gasteiger partial charge on any atom is 0.349 e. The number of nitrogens with one attached hydrogen (secondary N) is 1. The summed E-state index contributed by atoms with van der Waals surface area (Å²) < 4.78 is 4.85. The van der Waals surface area contributed by atoms with Gasteiger partial charge in [0.15, 0.2) is 5.57 Å². The van der Waals surface area contributed by atoms with Gasteiger partial charge in [-0.3, -0.25) is 9.69 Å². The lowest BCUT2D eigenvalue weighted by Gasteiger charge is -2.38. The molecule has 0 aromatic heterocycles. The minimum absolute atomic E-state index is 0.0786. The van der Waals surface area contributed by atoms with Gasteiger partial charge < -0.3 is 14.6 Å². The largest absolute Gasteiger partial charge is 0.493 e. The van der Waals surface area contributed by atoms with E-state index >= 15 is 0 Å². The van der Waals surface area contributed by atoms with Crippen LogP contribution in [0.4, 0.5) is 0 Å². The molecule has 0 spiro atoms. The summed E-state index contributed by atoms with van der Waals surface area (Å²) in [7, 11) is 0. The average molecular weight is 323 g/mol. The van der Waals surface area contributed by atoms with Gasteiger partial charge in [-0.2, -0.15) is 0 Å². The minimum atomic E-state index is -0.899. The summed E-state index contributed by atoms with van der Waals surface area (Å²) in [6, 6.07) is -0.691. The molecule has 23 heavy (non-hydrogen) atoms. The first-order chi connectivity index (χ1) is 10.7. The number of nitrogens with zero attached hydrogens (tertiary/aromatic N) is 2. The van der Waals surface area contributed by atoms with E-state index in [0.717, 1.165) is 0 Å². The molecule has 2 aliphatic heterocycles. The fourth-order valence-corrected chi connectivity index (χ4v) is 2.39. The Kier molecular flexibility index (Phi) is 4.46. The zero-order chi connectivity index (χ0) is 17.4. The number of hydrogen-bond acceptors (Lipinski definition) is 7. The summed E-state index contributed by atoms with van der Waals surface area (Å²) in [5.74, 6) is -1.78. The van der Waals surface area contributed by atoms with Crippen LogP contribution < -0.4 is 5.43 Å². The van der Waals surface area contributed by atoms with E-state index in [1.54, 1.807) is 6.92 Å². The van der Waals surface area contributed by atoms with Crippen molar-refractivity contribution in [3.63, 3.8) is 0 Å². The molecule has 1 atom stereocenters. The Bertz CT molecular complexity index is 603. The molecule has 2 rings (SSSR count). The minimum Gasteiger partial charge on any atom is -0.493 e. The van der Waals surface area contributed by atoms with Gasteiger partial charge in [0.05, 0.1) is 6.61 Å². The monoisotopic (exact) mass is 323 g/mol. The van der Waals surface area contributed by atoms with Crippen LogP contribution in [0.15, 0.2) is 23.4 Å². The summed E-state index contributed by atoms with van der Waals surface area (Å²) in [6.07, 6.45) is 2.16. The van der Waals surface area contributed by atoms with Crippen molar-refractivity contribution in [3.8, 4) is 0 Å². The van der Waals surface area contributed by atoms with E-state index < -0.39 is 29.4 Å². The zero-order valence-corrected chi connectivity index (χ0v) is 13.6. The third kappa shape index (κ3) is 3.21. The third-order valence-corrected chi connectivity index (χ3v) is 3.27. The standard InChI is InChI=1S/C15H21N3O5/c1-5-23-14(22)11-12(20)17(8-15(2,3)4)10-6-9(7-19)16-18(10)13(11)21/h6-7,9,16,21H,5,8H2,1-4H3. The van der Waals surface area contributed by atoms with Crippen LogP contribution in [-0.2, 0) is 19.1 Å². The molecule has 0 aromatic rings. The van der Waals surface area contributed by atoms with Crippen molar-refractivity contribution in [3.05, 3.63) is 23.4 Å². The number of ether oxygens (including phenoxy) is 1. The van der Waals surface area contributed by atoms with Crippen LogP contribution in [0.1, 0.15) is 27.7 Å². The van der Waals surface area contributed by atoms with Crippen molar-refractivity contribution in [2.45, 2.75) is 33.7 Å². The first-order valence-electron chi connectivity index (χ1n) is 7.35. The number of hydrazine groups is 1. The highest BCUT2D eigenvalue weighted by molar-refractivity contribution is 6.17. The molecule has 126 valence electrons. The summed E-state index contributed by atoms with van der Waals surface area (Å²) in [5.41, 5.74) is 2.01. The fraction of sp³-hybridized carbons (Fsp3) is 0.533. The maximum atomic E-state index is 12.7. The van der Waals surface area contributed by atoms with Gasteiger partial charge in [-0.25, -0.2) is 15.2 Å². The van der Waals surface area contributed by atoms with E-state index in [1.165, 1.54) is 16.0 Å². The predicted molar refractivity (Wildman–Crippen MR) is 80.4 cm³/mol. The molecular formula is C15H21N3O5. The smallest absolute Gasteiger partial charge is 0.349 e. The van der Waals surface area contributed by atoms with E-state index in [2.05, 4.69) is 5.43 Å². The van der Waals surface area contributed by atoms with Crippen LogP contribution >= 0.6 is 0 Å². The van der Waals surface area contributed by atoms with E-state index in [1.807, 2.05) is 20.8 Å². The number of esters is 1. The quantitative estimate of drug-likeness (QED) is 0.440. The predicted octanol–water partition coefficient (Wildman–Crippen LogP) is 0.436. The second-order valence-electron chi connectivity index (χ2n) is 6.52. The summed E-state index contributed by atoms with van der Waals surface area (Å²) in [4.78, 5) is 37.1. The lowest BCUT2D eigenvalue weighted by Crippen LogP contribution is -2.51. The number of aldehydes is 1. The Balaban J connectivity index is 2.49. The molecule has 1 amide bonds. The van der Waals surface area contributed by atoms with Gasteiger partial charge in [-0.15, -0.1) is 0 Å². The van der Waals surface area contributed by atoms with Crippen molar-refractivity contribution in [1.82, 2.24) is 15.3 Å². The van der Waals surface area contributed by atoms with Gasteiger partial charge >= 0.3 is 5.97 Å². The third-order valence-electron chi connectivity index (χ3n) is 3.27. The number of hydrogen-bond donors (Lipinski definition) is 2. The van der Waals surface area contributed by atoms with E-state index in [0.29, 0.717) is 18.7 Å². The van der Waals surface area contributed by atoms with Gasteiger partial charge in [0.1, 0.15) is 18.1 Å². The van der Waals surface area contributed by atoms with Gasteiger partial charge in [-0.05, 0) is 18.4 Å². The highest BCUT2D eigenvalue weighted by Crippen LogP contribution is 2.32. The Hall–Kier alpha value is -2.35. The SMILES string of the molecule is CCOC(=O)C1=C(O)N2NC(C=O)C=C2N(CC(C)(C)C)C1=O. The number of rotatable bonds is 4. The molecule has 0 aromatic carbocycles. The molecule has 0 bridgehead atoms. The molecule has 1 unspecified atom stereocenters. The second kappa shape index (κ2) is 6.04. The van der Waals surface area contributed by atoms with Gasteiger partial charge in [0, 0.05) is 6.54 Å². The summed E-state index contributed by atoms with van der Waals surface area (Å²) >= 11 is 0. The van der Waals surface area contributed by atoms with Gasteiger partial charge in [-0.1, -0.05) is 20.8 Å². The first kappa shape index (κ1) is 17.0. The lowest BCUT2D eigenvalue weighted by molar-refractivity contribution is -0.144. The van der Waals surface area contributed by atoms with Crippen molar-refractivity contribution in [2.24, 2.45) is 5.41 Å². The van der Waals surface area contributed by atoms with Crippen LogP contribution in [0, 0.1) is 5.41 Å². The maximum absolute atomic E-state index is 12.7. The zero-order valence-electron chi connectivity index (χ0n) is 13.6. The second-order valence-corrected chi connectivity index (χ2v) is 6.52. The van der Waals surface area contributed by atoms with Crippen LogP contribution in [-0.4, -0.2) is 52.4 Å². The number of fused-ring (bicyclic) bond motifs is 1. The van der Waals surface area contributed by atoms with Crippen LogP contribution in [0.5, 0.6) is 0 Å². The Morgan fingerprint density at radius 3 is 2.65 bits per heavy atom. The number of aliphatic hydroxyl groups excluding tert-OH is 1. The van der Waals surface area contributed by atoms with Crippen LogP contribution in [0.3, 0.4) is 0 Å². The van der Waals surface area contributed by atoms with Crippen LogP contribution in [0.25, 0.3) is 0 Å². The molecule has 0 saturated heterocycles. The molecule has 0 saturated carbocycles. The average Bonchev–Trinajstić information content (AvgIpc) is 2.87. The lowest BCUT2D eigenvalue weighted by atomic mass is 9.95. The molecular weight excluding hydrogens is 302 g/mol. The Morgan fingerprint density at radius 2 is 2.13 bits per heavy atom. The van der Waals surface area contributed by atoms with Crippen LogP contribution in [0.2, 0.25) is 0 Å². The van der Waals surface area contributed by atoms with Gasteiger partial charge in [0.25, 0.3) is 5.91 Å². The normalized spacial score (nSPS) is 21.3. The number of aliphatic hydroxyl groups is 1. The number of amides is 1. The van der Waals surface area contributed by atoms with Crippen molar-refractivity contribution in [2.75, 3.05) is 13.2 Å². The Labute approximate surface area is 134 Å². The highest BCUT2D eigenvalue weighted by atomic mass is 16.5. The highest BCUT2D eigenvalue weighted by Gasteiger charge is 2.44.